The molecule has 0 N–H and O–H groups in total. The quantitative estimate of drug-likeness (QED) is 0.755. The van der Waals surface area contributed by atoms with Crippen molar-refractivity contribution in [2.45, 2.75) is 31.7 Å². The summed E-state index contributed by atoms with van der Waals surface area (Å²) in [5, 5.41) is 0. The van der Waals surface area contributed by atoms with Gasteiger partial charge in [0.15, 0.2) is 0 Å². The van der Waals surface area contributed by atoms with Gasteiger partial charge in [-0.25, -0.2) is 0 Å². The van der Waals surface area contributed by atoms with Gasteiger partial charge < -0.3 is 0 Å². The average Bonchev–Trinajstić information content (AvgIpc) is 3.01. The molecule has 2 heteroatoms. The van der Waals surface area contributed by atoms with Gasteiger partial charge >= 0.3 is 0 Å². The third kappa shape index (κ3) is 2.11. The maximum atomic E-state index is 3.56. The van der Waals surface area contributed by atoms with E-state index in [0.717, 1.165) is 6.04 Å². The molecule has 1 fully saturated rings. The van der Waals surface area contributed by atoms with E-state index in [4.69, 9.17) is 0 Å². The molecule has 0 aromatic heterocycles. The van der Waals surface area contributed by atoms with Crippen LogP contribution >= 0.6 is 15.9 Å². The van der Waals surface area contributed by atoms with Crippen LogP contribution in [0.1, 0.15) is 24.0 Å². The molecule has 0 saturated heterocycles. The Labute approximate surface area is 99.6 Å². The number of benzene rings is 1. The summed E-state index contributed by atoms with van der Waals surface area (Å²) in [5.74, 6) is 0. The lowest BCUT2D eigenvalue weighted by molar-refractivity contribution is 0.277. The van der Waals surface area contributed by atoms with Gasteiger partial charge in [0.2, 0.25) is 0 Å². The summed E-state index contributed by atoms with van der Waals surface area (Å²) in [4.78, 5) is 2.67. The number of fused-ring (bicyclic) bond motifs is 1. The molecule has 1 aliphatic carbocycles. The lowest BCUT2D eigenvalue weighted by Gasteiger charge is -2.18. The van der Waals surface area contributed by atoms with Crippen molar-refractivity contribution in [3.8, 4) is 0 Å². The van der Waals surface area contributed by atoms with Crippen LogP contribution in [0.15, 0.2) is 22.7 Å². The zero-order valence-electron chi connectivity index (χ0n) is 8.88. The molecule has 0 spiro atoms. The Kier molecular flexibility index (Phi) is 2.57. The van der Waals surface area contributed by atoms with Crippen LogP contribution in [0, 0.1) is 0 Å². The second kappa shape index (κ2) is 3.91. The van der Waals surface area contributed by atoms with Crippen molar-refractivity contribution in [2.24, 2.45) is 0 Å². The van der Waals surface area contributed by atoms with Gasteiger partial charge in [0, 0.05) is 23.6 Å². The van der Waals surface area contributed by atoms with Gasteiger partial charge in [0.05, 0.1) is 0 Å². The topological polar surface area (TPSA) is 3.24 Å². The number of nitrogens with zero attached hydrogens (tertiary/aromatic N) is 1. The molecule has 80 valence electrons. The Hall–Kier alpha value is -0.340. The highest BCUT2D eigenvalue weighted by Gasteiger charge is 2.29. The first kappa shape index (κ1) is 9.86. The van der Waals surface area contributed by atoms with Crippen molar-refractivity contribution in [1.82, 2.24) is 4.90 Å². The van der Waals surface area contributed by atoms with Crippen molar-refractivity contribution >= 4 is 15.9 Å². The molecule has 1 aliphatic heterocycles. The highest BCUT2D eigenvalue weighted by atomic mass is 79.9. The number of rotatable bonds is 1. The van der Waals surface area contributed by atoms with Crippen molar-refractivity contribution in [3.63, 3.8) is 0 Å². The molecule has 1 aromatic rings. The number of hydrogen-bond acceptors (Lipinski definition) is 1. The molecule has 3 rings (SSSR count). The second-order valence-electron chi connectivity index (χ2n) is 4.68. The molecule has 0 unspecified atom stereocenters. The summed E-state index contributed by atoms with van der Waals surface area (Å²) in [6, 6.07) is 7.68. The van der Waals surface area contributed by atoms with Crippen molar-refractivity contribution < 1.29 is 0 Å². The molecule has 2 aliphatic rings. The fourth-order valence-corrected chi connectivity index (χ4v) is 2.92. The van der Waals surface area contributed by atoms with Crippen LogP contribution in [0.4, 0.5) is 0 Å². The lowest BCUT2D eigenvalue weighted by atomic mass is 10.0. The smallest absolute Gasteiger partial charge is 0.0178 e. The number of halogens is 1. The highest BCUT2D eigenvalue weighted by molar-refractivity contribution is 9.10. The van der Waals surface area contributed by atoms with Crippen LogP contribution in [0.3, 0.4) is 0 Å². The maximum absolute atomic E-state index is 3.56. The second-order valence-corrected chi connectivity index (χ2v) is 5.60. The van der Waals surface area contributed by atoms with Gasteiger partial charge in [-0.3, -0.25) is 4.90 Å². The molecule has 1 nitrogen and oxygen atoms in total. The summed E-state index contributed by atoms with van der Waals surface area (Å²) in [6.07, 6.45) is 5.32. The summed E-state index contributed by atoms with van der Waals surface area (Å²) in [7, 11) is 0. The minimum atomic E-state index is 0.919. The molecular formula is C13H16BrN. The Bertz CT molecular complexity index is 371. The fourth-order valence-electron chi connectivity index (χ4n) is 2.52. The molecule has 0 bridgehead atoms. The van der Waals surface area contributed by atoms with Crippen molar-refractivity contribution in [2.75, 3.05) is 13.1 Å². The van der Waals surface area contributed by atoms with Crippen LogP contribution in [0.25, 0.3) is 0 Å². The largest absolute Gasteiger partial charge is 0.300 e. The van der Waals surface area contributed by atoms with E-state index in [1.165, 1.54) is 43.2 Å². The van der Waals surface area contributed by atoms with Crippen molar-refractivity contribution in [3.05, 3.63) is 33.8 Å². The number of hydrogen-bond donors (Lipinski definition) is 0. The van der Waals surface area contributed by atoms with Gasteiger partial charge in [-0.1, -0.05) is 22.0 Å². The zero-order chi connectivity index (χ0) is 10.3. The summed E-state index contributed by atoms with van der Waals surface area (Å²) in [6.45, 7) is 2.52. The van der Waals surface area contributed by atoms with Crippen LogP contribution in [-0.4, -0.2) is 24.0 Å². The molecule has 0 amide bonds. The van der Waals surface area contributed by atoms with Gasteiger partial charge in [-0.2, -0.15) is 0 Å². The van der Waals surface area contributed by atoms with E-state index in [9.17, 15) is 0 Å². The Morgan fingerprint density at radius 3 is 2.53 bits per heavy atom. The molecule has 0 atom stereocenters. The predicted octanol–water partition coefficient (Wildman–Crippen LogP) is 3.01. The van der Waals surface area contributed by atoms with E-state index >= 15 is 0 Å². The van der Waals surface area contributed by atoms with Gasteiger partial charge in [-0.05, 0) is 48.9 Å². The first-order chi connectivity index (χ1) is 7.33. The van der Waals surface area contributed by atoms with Crippen LogP contribution in [-0.2, 0) is 12.8 Å². The Morgan fingerprint density at radius 1 is 1.07 bits per heavy atom. The zero-order valence-corrected chi connectivity index (χ0v) is 10.5. The summed E-state index contributed by atoms with van der Waals surface area (Å²) in [5.41, 5.74) is 3.11. The fraction of sp³-hybridized carbons (Fsp3) is 0.538. The highest BCUT2D eigenvalue weighted by Crippen LogP contribution is 2.29. The summed E-state index contributed by atoms with van der Waals surface area (Å²) >= 11 is 3.56. The predicted molar refractivity (Wildman–Crippen MR) is 66.1 cm³/mol. The minimum Gasteiger partial charge on any atom is -0.300 e. The average molecular weight is 266 g/mol. The monoisotopic (exact) mass is 265 g/mol. The third-order valence-electron chi connectivity index (χ3n) is 3.57. The van der Waals surface area contributed by atoms with E-state index in [1.807, 2.05) is 0 Å². The molecular weight excluding hydrogens is 250 g/mol. The van der Waals surface area contributed by atoms with Crippen molar-refractivity contribution in [1.29, 1.82) is 0 Å². The molecule has 1 heterocycles. The lowest BCUT2D eigenvalue weighted by Crippen LogP contribution is -2.28. The van der Waals surface area contributed by atoms with Crippen LogP contribution in [0.5, 0.6) is 0 Å². The van der Waals surface area contributed by atoms with E-state index in [2.05, 4.69) is 39.0 Å². The van der Waals surface area contributed by atoms with E-state index in [0.29, 0.717) is 0 Å². The van der Waals surface area contributed by atoms with E-state index in [-0.39, 0.29) is 0 Å². The summed E-state index contributed by atoms with van der Waals surface area (Å²) < 4.78 is 1.22. The normalized spacial score (nSPS) is 22.2. The standard InChI is InChI=1S/C13H16BrN/c14-12-2-1-10-5-7-15(13-3-4-13)8-6-11(10)9-12/h1-2,9,13H,3-8H2. The van der Waals surface area contributed by atoms with E-state index in [1.54, 1.807) is 11.1 Å². The molecule has 1 aromatic carbocycles. The van der Waals surface area contributed by atoms with Crippen LogP contribution < -0.4 is 0 Å². The van der Waals surface area contributed by atoms with E-state index < -0.39 is 0 Å². The molecule has 0 radical (unpaired) electrons. The first-order valence-corrected chi connectivity index (χ1v) is 6.63. The van der Waals surface area contributed by atoms with Gasteiger partial charge in [0.1, 0.15) is 0 Å². The minimum absolute atomic E-state index is 0.919. The SMILES string of the molecule is Brc1ccc2c(c1)CCN(C1CC1)CC2. The van der Waals surface area contributed by atoms with Crippen LogP contribution in [0.2, 0.25) is 0 Å². The third-order valence-corrected chi connectivity index (χ3v) is 4.06. The maximum Gasteiger partial charge on any atom is 0.0178 e. The Balaban J connectivity index is 1.81. The van der Waals surface area contributed by atoms with Gasteiger partial charge in [-0.15, -0.1) is 0 Å². The molecule has 15 heavy (non-hydrogen) atoms. The molecule has 1 saturated carbocycles. The van der Waals surface area contributed by atoms with Gasteiger partial charge in [0.25, 0.3) is 0 Å². The Morgan fingerprint density at radius 2 is 1.80 bits per heavy atom. The first-order valence-electron chi connectivity index (χ1n) is 5.84.